The molecule has 0 saturated heterocycles. The van der Waals surface area contributed by atoms with Crippen molar-refractivity contribution >= 4 is 22.4 Å². The summed E-state index contributed by atoms with van der Waals surface area (Å²) in [5, 5.41) is 2.68. The van der Waals surface area contributed by atoms with Gasteiger partial charge >= 0.3 is 0 Å². The molecule has 0 fully saturated rings. The van der Waals surface area contributed by atoms with E-state index in [4.69, 9.17) is 11.6 Å². The number of benzene rings is 3. The van der Waals surface area contributed by atoms with Gasteiger partial charge in [0, 0.05) is 23.3 Å². The topological polar surface area (TPSA) is 25.8 Å². The number of aryl methyl sites for hydroxylation is 2. The molecule has 5 rings (SSSR count). The quantitative estimate of drug-likeness (QED) is 0.242. The Hall–Kier alpha value is -3.49. The molecule has 174 valence electrons. The number of aromatic nitrogens is 2. The fourth-order valence-electron chi connectivity index (χ4n) is 4.72. The lowest BCUT2D eigenvalue weighted by atomic mass is 9.86. The van der Waals surface area contributed by atoms with Gasteiger partial charge in [0.15, 0.2) is 0 Å². The molecule has 0 radical (unpaired) electrons. The van der Waals surface area contributed by atoms with Crippen LogP contribution in [0.1, 0.15) is 37.5 Å². The average molecular weight is 477 g/mol. The number of nitrogens with zero attached hydrogens (tertiary/aromatic N) is 2. The van der Waals surface area contributed by atoms with Gasteiger partial charge < -0.3 is 0 Å². The third-order valence-corrected chi connectivity index (χ3v) is 6.84. The minimum atomic E-state index is 0.0686. The molecule has 0 aliphatic rings. The van der Waals surface area contributed by atoms with E-state index < -0.39 is 0 Å². The maximum Gasteiger partial charge on any atom is 0.129 e. The Morgan fingerprint density at radius 1 is 0.686 bits per heavy atom. The van der Waals surface area contributed by atoms with Gasteiger partial charge in [-0.25, -0.2) is 4.98 Å². The second kappa shape index (κ2) is 8.94. The summed E-state index contributed by atoms with van der Waals surface area (Å²) in [4.78, 5) is 9.10. The number of fused-ring (bicyclic) bond motifs is 1. The third kappa shape index (κ3) is 4.59. The Balaban J connectivity index is 1.67. The summed E-state index contributed by atoms with van der Waals surface area (Å²) in [5.74, 6) is 0. The van der Waals surface area contributed by atoms with Crippen LogP contribution in [0.4, 0.5) is 0 Å². The lowest BCUT2D eigenvalue weighted by molar-refractivity contribution is 0.589. The molecule has 35 heavy (non-hydrogen) atoms. The molecule has 0 amide bonds. The van der Waals surface area contributed by atoms with Crippen LogP contribution in [0.5, 0.6) is 0 Å². The van der Waals surface area contributed by atoms with E-state index in [0.717, 1.165) is 33.2 Å². The number of hydrogen-bond donors (Lipinski definition) is 0. The van der Waals surface area contributed by atoms with Crippen molar-refractivity contribution in [1.29, 1.82) is 0 Å². The number of rotatable bonds is 3. The Labute approximate surface area is 212 Å². The van der Waals surface area contributed by atoms with E-state index >= 15 is 0 Å². The van der Waals surface area contributed by atoms with Crippen LogP contribution < -0.4 is 0 Å². The van der Waals surface area contributed by atoms with Gasteiger partial charge in [-0.2, -0.15) is 0 Å². The van der Waals surface area contributed by atoms with Gasteiger partial charge in [-0.3, -0.25) is 4.98 Å². The van der Waals surface area contributed by atoms with Crippen LogP contribution in [0.2, 0.25) is 5.15 Å². The molecular weight excluding hydrogens is 448 g/mol. The van der Waals surface area contributed by atoms with Gasteiger partial charge in [0.1, 0.15) is 5.15 Å². The van der Waals surface area contributed by atoms with E-state index in [9.17, 15) is 0 Å². The van der Waals surface area contributed by atoms with E-state index in [1.165, 1.54) is 27.8 Å². The third-order valence-electron chi connectivity index (χ3n) is 6.63. The zero-order chi connectivity index (χ0) is 24.7. The second-order valence-corrected chi connectivity index (χ2v) is 10.7. The molecule has 5 aromatic rings. The molecule has 0 aliphatic heterocycles. The van der Waals surface area contributed by atoms with Crippen LogP contribution in [0.15, 0.2) is 85.2 Å². The molecule has 0 unspecified atom stereocenters. The Morgan fingerprint density at radius 2 is 1.43 bits per heavy atom. The van der Waals surface area contributed by atoms with E-state index in [-0.39, 0.29) is 5.41 Å². The zero-order valence-corrected chi connectivity index (χ0v) is 21.6. The first-order valence-electron chi connectivity index (χ1n) is 11.9. The molecule has 2 heterocycles. The number of halogens is 1. The van der Waals surface area contributed by atoms with Crippen molar-refractivity contribution < 1.29 is 0 Å². The van der Waals surface area contributed by atoms with Gasteiger partial charge in [0.25, 0.3) is 0 Å². The van der Waals surface area contributed by atoms with Crippen LogP contribution in [-0.2, 0) is 5.41 Å². The number of pyridine rings is 2. The highest BCUT2D eigenvalue weighted by molar-refractivity contribution is 6.30. The predicted octanol–water partition coefficient (Wildman–Crippen LogP) is 9.20. The minimum Gasteiger partial charge on any atom is -0.256 e. The van der Waals surface area contributed by atoms with Gasteiger partial charge in [0.2, 0.25) is 0 Å². The second-order valence-electron chi connectivity index (χ2n) is 10.3. The molecule has 0 saturated carbocycles. The summed E-state index contributed by atoms with van der Waals surface area (Å²) in [7, 11) is 0. The monoisotopic (exact) mass is 476 g/mol. The highest BCUT2D eigenvalue weighted by Crippen LogP contribution is 2.38. The van der Waals surface area contributed by atoms with Crippen LogP contribution in [0.25, 0.3) is 44.3 Å². The van der Waals surface area contributed by atoms with Gasteiger partial charge in [-0.05, 0) is 82.3 Å². The largest absolute Gasteiger partial charge is 0.256 e. The van der Waals surface area contributed by atoms with Crippen molar-refractivity contribution in [2.45, 2.75) is 40.0 Å². The van der Waals surface area contributed by atoms with Gasteiger partial charge in [-0.15, -0.1) is 0 Å². The molecule has 2 aromatic heterocycles. The zero-order valence-electron chi connectivity index (χ0n) is 20.9. The van der Waals surface area contributed by atoms with Crippen molar-refractivity contribution in [3.8, 4) is 33.5 Å². The Bertz CT molecular complexity index is 1560. The minimum absolute atomic E-state index is 0.0686. The molecule has 0 aliphatic carbocycles. The van der Waals surface area contributed by atoms with Crippen molar-refractivity contribution in [1.82, 2.24) is 9.97 Å². The van der Waals surface area contributed by atoms with Crippen LogP contribution in [-0.4, -0.2) is 9.97 Å². The fraction of sp³-hybridized carbons (Fsp3) is 0.188. The normalized spacial score (nSPS) is 11.7. The highest BCUT2D eigenvalue weighted by atomic mass is 35.5. The predicted molar refractivity (Wildman–Crippen MR) is 149 cm³/mol. The standard InChI is InChI=1S/C32H29ClN2/c1-20-9-10-25(21(2)15-20)27-12-11-26(28-18-31(33)35-19-29(27)28)22-7-6-8-23(16-22)30-17-24(13-14-34-30)32(3,4)5/h6-19H,1-5H3. The molecule has 0 spiro atoms. The maximum atomic E-state index is 6.39. The van der Waals surface area contributed by atoms with Crippen LogP contribution >= 0.6 is 11.6 Å². The van der Waals surface area contributed by atoms with E-state index in [2.05, 4.69) is 111 Å². The maximum absolute atomic E-state index is 6.39. The molecule has 0 atom stereocenters. The van der Waals surface area contributed by atoms with E-state index in [0.29, 0.717) is 5.15 Å². The van der Waals surface area contributed by atoms with Crippen LogP contribution in [0.3, 0.4) is 0 Å². The van der Waals surface area contributed by atoms with Crippen molar-refractivity contribution in [2.75, 3.05) is 0 Å². The van der Waals surface area contributed by atoms with Crippen LogP contribution in [0, 0.1) is 13.8 Å². The molecule has 0 bridgehead atoms. The van der Waals surface area contributed by atoms with Crippen molar-refractivity contribution in [2.24, 2.45) is 0 Å². The highest BCUT2D eigenvalue weighted by Gasteiger charge is 2.16. The lowest BCUT2D eigenvalue weighted by Gasteiger charge is -2.19. The summed E-state index contributed by atoms with van der Waals surface area (Å²) in [6.45, 7) is 11.0. The first kappa shape index (κ1) is 23.3. The fourth-order valence-corrected chi connectivity index (χ4v) is 4.87. The van der Waals surface area contributed by atoms with Crippen molar-refractivity contribution in [3.63, 3.8) is 0 Å². The molecule has 3 aromatic carbocycles. The summed E-state index contributed by atoms with van der Waals surface area (Å²) in [5.41, 5.74) is 10.6. The molecule has 3 heteroatoms. The van der Waals surface area contributed by atoms with Crippen molar-refractivity contribution in [3.05, 3.63) is 107 Å². The molecule has 0 N–H and O–H groups in total. The SMILES string of the molecule is Cc1ccc(-c2ccc(-c3cccc(-c4cc(C(C)(C)C)ccn4)c3)c3cc(Cl)ncc23)c(C)c1. The summed E-state index contributed by atoms with van der Waals surface area (Å²) < 4.78 is 0. The summed E-state index contributed by atoms with van der Waals surface area (Å²) in [6, 6.07) is 25.8. The number of hydrogen-bond acceptors (Lipinski definition) is 2. The van der Waals surface area contributed by atoms with E-state index in [1.807, 2.05) is 18.5 Å². The first-order valence-corrected chi connectivity index (χ1v) is 12.3. The van der Waals surface area contributed by atoms with E-state index in [1.54, 1.807) is 0 Å². The summed E-state index contributed by atoms with van der Waals surface area (Å²) >= 11 is 6.39. The Morgan fingerprint density at radius 3 is 2.20 bits per heavy atom. The summed E-state index contributed by atoms with van der Waals surface area (Å²) in [6.07, 6.45) is 3.80. The van der Waals surface area contributed by atoms with Gasteiger partial charge in [0.05, 0.1) is 5.69 Å². The Kier molecular flexibility index (Phi) is 5.94. The smallest absolute Gasteiger partial charge is 0.129 e. The first-order chi connectivity index (χ1) is 16.7. The van der Waals surface area contributed by atoms with Gasteiger partial charge in [-0.1, -0.05) is 86.5 Å². The lowest BCUT2D eigenvalue weighted by Crippen LogP contribution is -2.11. The molecule has 2 nitrogen and oxygen atoms in total. The average Bonchev–Trinajstić information content (AvgIpc) is 2.83. The molecular formula is C32H29ClN2.